The molecule has 0 aromatic rings. The van der Waals surface area contributed by atoms with Crippen molar-refractivity contribution in [1.82, 2.24) is 0 Å². The van der Waals surface area contributed by atoms with E-state index in [9.17, 15) is 0 Å². The summed E-state index contributed by atoms with van der Waals surface area (Å²) in [5.41, 5.74) is 2.71. The van der Waals surface area contributed by atoms with E-state index in [1.165, 1.54) is 32.1 Å². The molecular weight excluding hydrogens is 180 g/mol. The fraction of sp³-hybridized carbons (Fsp3) is 0.867. The van der Waals surface area contributed by atoms with E-state index < -0.39 is 0 Å². The summed E-state index contributed by atoms with van der Waals surface area (Å²) in [6.07, 6.45) is 7.18. The number of hydrogen-bond donors (Lipinski definition) is 0. The minimum absolute atomic E-state index is 0.515. The molecule has 84 valence electrons. The molecule has 4 bridgehead atoms. The van der Waals surface area contributed by atoms with Gasteiger partial charge in [-0.15, -0.1) is 0 Å². The molecule has 3 aliphatic rings. The molecule has 3 rings (SSSR count). The van der Waals surface area contributed by atoms with E-state index in [4.69, 9.17) is 0 Å². The van der Waals surface area contributed by atoms with Crippen LogP contribution >= 0.6 is 0 Å². The molecule has 0 aromatic carbocycles. The molecule has 0 aromatic heterocycles. The largest absolute Gasteiger partial charge is 0.0990 e. The van der Waals surface area contributed by atoms with Crippen molar-refractivity contribution in [3.63, 3.8) is 0 Å². The van der Waals surface area contributed by atoms with Crippen LogP contribution in [-0.2, 0) is 0 Å². The molecule has 0 spiro atoms. The van der Waals surface area contributed by atoms with Crippen LogP contribution in [0.25, 0.3) is 0 Å². The first-order chi connectivity index (χ1) is 6.97. The van der Waals surface area contributed by atoms with Gasteiger partial charge in [-0.05, 0) is 54.3 Å². The molecular formula is C15H24. The summed E-state index contributed by atoms with van der Waals surface area (Å²) >= 11 is 0. The van der Waals surface area contributed by atoms with Gasteiger partial charge in [0.15, 0.2) is 0 Å². The Bertz CT molecular complexity index is 312. The molecule has 4 atom stereocenters. The van der Waals surface area contributed by atoms with Crippen LogP contribution in [-0.4, -0.2) is 0 Å². The van der Waals surface area contributed by atoms with Gasteiger partial charge in [0.1, 0.15) is 0 Å². The highest BCUT2D eigenvalue weighted by molar-refractivity contribution is 5.29. The zero-order valence-corrected chi connectivity index (χ0v) is 10.5. The lowest BCUT2D eigenvalue weighted by Gasteiger charge is -2.35. The van der Waals surface area contributed by atoms with Gasteiger partial charge in [0, 0.05) is 0 Å². The van der Waals surface area contributed by atoms with Crippen molar-refractivity contribution in [3.8, 4) is 0 Å². The maximum atomic E-state index is 4.46. The number of allylic oxidation sites excluding steroid dienone is 1. The maximum absolute atomic E-state index is 4.46. The van der Waals surface area contributed by atoms with Crippen molar-refractivity contribution in [1.29, 1.82) is 0 Å². The van der Waals surface area contributed by atoms with E-state index in [1.54, 1.807) is 5.57 Å². The van der Waals surface area contributed by atoms with Crippen molar-refractivity contribution in [2.75, 3.05) is 0 Å². The van der Waals surface area contributed by atoms with E-state index in [0.29, 0.717) is 10.8 Å². The van der Waals surface area contributed by atoms with Crippen LogP contribution in [0.15, 0.2) is 12.2 Å². The van der Waals surface area contributed by atoms with Crippen LogP contribution in [0.1, 0.15) is 52.9 Å². The Hall–Kier alpha value is -0.260. The fourth-order valence-corrected chi connectivity index (χ4v) is 5.28. The van der Waals surface area contributed by atoms with Crippen LogP contribution in [0.3, 0.4) is 0 Å². The lowest BCUT2D eigenvalue weighted by Crippen LogP contribution is -2.28. The van der Waals surface area contributed by atoms with E-state index in [0.717, 1.165) is 17.8 Å². The van der Waals surface area contributed by atoms with Gasteiger partial charge in [0.25, 0.3) is 0 Å². The Balaban J connectivity index is 2.10. The van der Waals surface area contributed by atoms with Gasteiger partial charge in [-0.2, -0.15) is 0 Å². The summed E-state index contributed by atoms with van der Waals surface area (Å²) < 4.78 is 0. The van der Waals surface area contributed by atoms with Crippen molar-refractivity contribution in [2.24, 2.45) is 28.6 Å². The highest BCUT2D eigenvalue weighted by Crippen LogP contribution is 2.70. The zero-order valence-electron chi connectivity index (χ0n) is 10.5. The molecule has 3 fully saturated rings. The summed E-state index contributed by atoms with van der Waals surface area (Å²) in [5.74, 6) is 2.79. The second-order valence-electron chi connectivity index (χ2n) is 7.10. The van der Waals surface area contributed by atoms with Crippen LogP contribution in [0.4, 0.5) is 0 Å². The van der Waals surface area contributed by atoms with Gasteiger partial charge in [-0.3, -0.25) is 0 Å². The summed E-state index contributed by atoms with van der Waals surface area (Å²) in [7, 11) is 0. The summed E-state index contributed by atoms with van der Waals surface area (Å²) in [6.45, 7) is 12.0. The molecule has 0 N–H and O–H groups in total. The Morgan fingerprint density at radius 3 is 2.60 bits per heavy atom. The Morgan fingerprint density at radius 1 is 1.13 bits per heavy atom. The van der Waals surface area contributed by atoms with Crippen LogP contribution in [0, 0.1) is 28.6 Å². The SMILES string of the molecule is C=C1C2CCC3C2C(C)(C)CCCC13C. The molecule has 0 radical (unpaired) electrons. The first-order valence-electron chi connectivity index (χ1n) is 6.66. The number of hydrogen-bond acceptors (Lipinski definition) is 0. The lowest BCUT2D eigenvalue weighted by atomic mass is 9.69. The smallest absolute Gasteiger partial charge is 0.00849 e. The van der Waals surface area contributed by atoms with E-state index in [2.05, 4.69) is 27.4 Å². The molecule has 0 saturated heterocycles. The van der Waals surface area contributed by atoms with Crippen molar-refractivity contribution in [2.45, 2.75) is 52.9 Å². The molecule has 3 saturated carbocycles. The van der Waals surface area contributed by atoms with Crippen molar-refractivity contribution < 1.29 is 0 Å². The first-order valence-corrected chi connectivity index (χ1v) is 6.66. The Labute approximate surface area is 94.1 Å². The third kappa shape index (κ3) is 1.04. The van der Waals surface area contributed by atoms with Gasteiger partial charge >= 0.3 is 0 Å². The quantitative estimate of drug-likeness (QED) is 0.513. The third-order valence-electron chi connectivity index (χ3n) is 6.07. The third-order valence-corrected chi connectivity index (χ3v) is 6.07. The average molecular weight is 204 g/mol. The normalized spacial score (nSPS) is 51.9. The topological polar surface area (TPSA) is 0 Å². The van der Waals surface area contributed by atoms with E-state index in [-0.39, 0.29) is 0 Å². The van der Waals surface area contributed by atoms with Gasteiger partial charge in [0.2, 0.25) is 0 Å². The minimum Gasteiger partial charge on any atom is -0.0990 e. The summed E-state index contributed by atoms with van der Waals surface area (Å²) in [6, 6.07) is 0. The lowest BCUT2D eigenvalue weighted by molar-refractivity contribution is 0.141. The predicted molar refractivity (Wildman–Crippen MR) is 64.6 cm³/mol. The molecule has 0 aliphatic heterocycles. The Kier molecular flexibility index (Phi) is 1.79. The van der Waals surface area contributed by atoms with Crippen molar-refractivity contribution in [3.05, 3.63) is 12.2 Å². The van der Waals surface area contributed by atoms with Gasteiger partial charge in [0.05, 0.1) is 0 Å². The van der Waals surface area contributed by atoms with Crippen molar-refractivity contribution >= 4 is 0 Å². The fourth-order valence-electron chi connectivity index (χ4n) is 5.28. The molecule has 15 heavy (non-hydrogen) atoms. The summed E-state index contributed by atoms with van der Waals surface area (Å²) in [4.78, 5) is 0. The zero-order chi connectivity index (χ0) is 10.8. The molecule has 0 heterocycles. The highest BCUT2D eigenvalue weighted by Gasteiger charge is 2.61. The van der Waals surface area contributed by atoms with Gasteiger partial charge < -0.3 is 0 Å². The molecule has 4 unspecified atom stereocenters. The number of rotatable bonds is 0. The first kappa shape index (κ1) is 9.93. The van der Waals surface area contributed by atoms with Crippen LogP contribution in [0.5, 0.6) is 0 Å². The minimum atomic E-state index is 0.515. The summed E-state index contributed by atoms with van der Waals surface area (Å²) in [5, 5.41) is 0. The van der Waals surface area contributed by atoms with Gasteiger partial charge in [-0.25, -0.2) is 0 Å². The second kappa shape index (κ2) is 2.70. The van der Waals surface area contributed by atoms with Crippen LogP contribution < -0.4 is 0 Å². The maximum Gasteiger partial charge on any atom is -0.00849 e. The molecule has 0 amide bonds. The highest BCUT2D eigenvalue weighted by atomic mass is 14.7. The molecule has 0 heteroatoms. The average Bonchev–Trinajstić information content (AvgIpc) is 2.63. The van der Waals surface area contributed by atoms with E-state index in [1.807, 2.05) is 0 Å². The molecule has 0 nitrogen and oxygen atoms in total. The molecule has 3 aliphatic carbocycles. The second-order valence-corrected chi connectivity index (χ2v) is 7.10. The standard InChI is InChI=1S/C15H24/c1-10-11-6-7-12-13(11)14(2,3)8-5-9-15(10,12)4/h11-13H,1,5-9H2,2-4H3. The monoisotopic (exact) mass is 204 g/mol. The Morgan fingerprint density at radius 2 is 1.87 bits per heavy atom. The van der Waals surface area contributed by atoms with Crippen LogP contribution in [0.2, 0.25) is 0 Å². The van der Waals surface area contributed by atoms with Gasteiger partial charge in [-0.1, -0.05) is 39.3 Å². The predicted octanol–water partition coefficient (Wildman–Crippen LogP) is 4.42. The van der Waals surface area contributed by atoms with E-state index >= 15 is 0 Å².